The zero-order chi connectivity index (χ0) is 23.1. The largest absolute Gasteiger partial charge is 0.0661 e. The molecule has 164 valence electrons. The Labute approximate surface area is 207 Å². The first-order chi connectivity index (χ1) is 15.0. The zero-order valence-electron chi connectivity index (χ0n) is 20.1. The van der Waals surface area contributed by atoms with Crippen LogP contribution in [0.15, 0.2) is 78.9 Å². The Morgan fingerprint density at radius 1 is 0.625 bits per heavy atom. The zero-order valence-corrected chi connectivity index (χ0v) is 22.2. The fourth-order valence-corrected chi connectivity index (χ4v) is 4.95. The molecule has 0 spiro atoms. The summed E-state index contributed by atoms with van der Waals surface area (Å²) in [5.41, 5.74) is 11.1. The third-order valence-electron chi connectivity index (χ3n) is 6.39. The van der Waals surface area contributed by atoms with E-state index in [1.54, 1.807) is 0 Å². The van der Waals surface area contributed by atoms with Gasteiger partial charge in [0.1, 0.15) is 0 Å². The van der Waals surface area contributed by atoms with Crippen LogP contribution < -0.4 is 0 Å². The second-order valence-corrected chi connectivity index (χ2v) is 12.0. The van der Waals surface area contributed by atoms with Gasteiger partial charge in [-0.15, -0.1) is 0 Å². The minimum absolute atomic E-state index is 0.154. The van der Waals surface area contributed by atoms with Crippen LogP contribution in [0.25, 0.3) is 25.8 Å². The Morgan fingerprint density at radius 2 is 1.09 bits per heavy atom. The van der Waals surface area contributed by atoms with E-state index in [-0.39, 0.29) is 10.8 Å². The third kappa shape index (κ3) is 4.78. The molecule has 0 saturated carbocycles. The summed E-state index contributed by atoms with van der Waals surface area (Å²) in [6.45, 7) is 13.6. The molecule has 0 saturated heterocycles. The van der Waals surface area contributed by atoms with Crippen molar-refractivity contribution in [3.8, 4) is 22.3 Å². The molecule has 0 aromatic carbocycles. The number of allylic oxidation sites excluding steroid dienone is 1. The monoisotopic (exact) mass is 532 g/mol. The molecule has 1 heteroatoms. The first-order valence-corrected chi connectivity index (χ1v) is 12.5. The van der Waals surface area contributed by atoms with E-state index in [1.165, 1.54) is 48.1 Å². The maximum atomic E-state index is 2.51. The van der Waals surface area contributed by atoms with Gasteiger partial charge in [0.05, 0.1) is 0 Å². The Morgan fingerprint density at radius 3 is 1.69 bits per heavy atom. The van der Waals surface area contributed by atoms with Gasteiger partial charge in [0, 0.05) is 3.58 Å². The van der Waals surface area contributed by atoms with Gasteiger partial charge >= 0.3 is 0 Å². The maximum Gasteiger partial charge on any atom is 0.0172 e. The molecule has 0 heterocycles. The van der Waals surface area contributed by atoms with Gasteiger partial charge in [0.25, 0.3) is 0 Å². The number of hydrogen-bond acceptors (Lipinski definition) is 0. The second kappa shape index (κ2) is 8.67. The van der Waals surface area contributed by atoms with Gasteiger partial charge < -0.3 is 0 Å². The Kier molecular flexibility index (Phi) is 6.24. The fourth-order valence-electron chi connectivity index (χ4n) is 4.26. The molecule has 0 radical (unpaired) electrons. The molecule has 0 aromatic rings. The van der Waals surface area contributed by atoms with E-state index in [4.69, 9.17) is 0 Å². The summed E-state index contributed by atoms with van der Waals surface area (Å²) >= 11 is 2.51. The molecule has 0 N–H and O–H groups in total. The summed E-state index contributed by atoms with van der Waals surface area (Å²) in [5, 5.41) is 0. The molecule has 4 rings (SSSR count). The summed E-state index contributed by atoms with van der Waals surface area (Å²) in [6.07, 6.45) is 3.31. The lowest BCUT2D eigenvalue weighted by Crippen LogP contribution is -2.09. The molecule has 0 bridgehead atoms. The van der Waals surface area contributed by atoms with E-state index < -0.39 is 0 Å². The highest BCUT2D eigenvalue weighted by atomic mass is 127. The van der Waals surface area contributed by atoms with Crippen LogP contribution in [-0.2, 0) is 17.3 Å². The highest BCUT2D eigenvalue weighted by molar-refractivity contribution is 14.1. The Balaban J connectivity index is 1.63. The molecular formula is C31H33I. The SMILES string of the molecule is CC(C)(C)c1ccc2ccc(CC=C(I)c3ccc4ccc(C(C)(C)C)ccc3-4)c-2cc1. The highest BCUT2D eigenvalue weighted by Crippen LogP contribution is 2.37. The summed E-state index contributed by atoms with van der Waals surface area (Å²) in [6, 6.07) is 27.3. The smallest absolute Gasteiger partial charge is 0.0172 e. The lowest BCUT2D eigenvalue weighted by Gasteiger charge is -2.17. The lowest BCUT2D eigenvalue weighted by atomic mass is 9.88. The van der Waals surface area contributed by atoms with Gasteiger partial charge in [-0.25, -0.2) is 0 Å². The number of rotatable bonds is 3. The fraction of sp³-hybridized carbons (Fsp3) is 0.290. The van der Waals surface area contributed by atoms with Gasteiger partial charge in [0.15, 0.2) is 0 Å². The van der Waals surface area contributed by atoms with Gasteiger partial charge in [-0.1, -0.05) is 120 Å². The standard InChI is InChI=1S/C31H33I/c1-30(2,3)24-13-9-21-7-8-22(26(21)18-15-24)12-20-29(32)28-17-11-23-10-14-25(31(4,5)6)16-19-27(23)28/h7-11,13-20H,12H2,1-6H3. The minimum Gasteiger partial charge on any atom is -0.0661 e. The van der Waals surface area contributed by atoms with Crippen molar-refractivity contribution >= 4 is 26.2 Å². The van der Waals surface area contributed by atoms with Crippen molar-refractivity contribution in [2.45, 2.75) is 58.8 Å². The highest BCUT2D eigenvalue weighted by Gasteiger charge is 2.17. The van der Waals surface area contributed by atoms with E-state index in [1.807, 2.05) is 0 Å². The average Bonchev–Trinajstić information content (AvgIpc) is 3.11. The van der Waals surface area contributed by atoms with Crippen LogP contribution in [-0.4, -0.2) is 0 Å². The van der Waals surface area contributed by atoms with E-state index in [9.17, 15) is 0 Å². The van der Waals surface area contributed by atoms with E-state index >= 15 is 0 Å². The second-order valence-electron chi connectivity index (χ2n) is 10.8. The first kappa shape index (κ1) is 23.0. The predicted octanol–water partition coefficient (Wildman–Crippen LogP) is 9.51. The van der Waals surface area contributed by atoms with Gasteiger partial charge in [-0.2, -0.15) is 0 Å². The normalized spacial score (nSPS) is 13.2. The molecule has 4 aliphatic carbocycles. The molecule has 32 heavy (non-hydrogen) atoms. The molecule has 0 atom stereocenters. The summed E-state index contributed by atoms with van der Waals surface area (Å²) < 4.78 is 1.31. The average molecular weight is 533 g/mol. The first-order valence-electron chi connectivity index (χ1n) is 11.5. The van der Waals surface area contributed by atoms with Crippen molar-refractivity contribution in [3.05, 3.63) is 101 Å². The van der Waals surface area contributed by atoms with Crippen LogP contribution in [0.4, 0.5) is 0 Å². The lowest BCUT2D eigenvalue weighted by molar-refractivity contribution is 0.590. The van der Waals surface area contributed by atoms with Crippen LogP contribution in [0.5, 0.6) is 0 Å². The Hall–Kier alpha value is -2.13. The van der Waals surface area contributed by atoms with E-state index in [0.717, 1.165) is 6.42 Å². The minimum atomic E-state index is 0.154. The van der Waals surface area contributed by atoms with Crippen LogP contribution in [0.2, 0.25) is 0 Å². The van der Waals surface area contributed by atoms with Gasteiger partial charge in [-0.3, -0.25) is 0 Å². The third-order valence-corrected chi connectivity index (χ3v) is 7.41. The molecule has 0 nitrogen and oxygen atoms in total. The van der Waals surface area contributed by atoms with Crippen molar-refractivity contribution in [2.75, 3.05) is 0 Å². The van der Waals surface area contributed by atoms with Crippen molar-refractivity contribution in [1.82, 2.24) is 0 Å². The molecule has 0 aromatic heterocycles. The molecule has 0 amide bonds. The van der Waals surface area contributed by atoms with Gasteiger partial charge in [0.2, 0.25) is 0 Å². The molecule has 0 unspecified atom stereocenters. The van der Waals surface area contributed by atoms with Crippen LogP contribution in [0.3, 0.4) is 0 Å². The van der Waals surface area contributed by atoms with Crippen molar-refractivity contribution in [3.63, 3.8) is 0 Å². The molecule has 4 aliphatic rings. The maximum absolute atomic E-state index is 2.51. The van der Waals surface area contributed by atoms with Gasteiger partial charge in [-0.05, 0) is 84.3 Å². The predicted molar refractivity (Wildman–Crippen MR) is 149 cm³/mol. The summed E-state index contributed by atoms with van der Waals surface area (Å²) in [7, 11) is 0. The topological polar surface area (TPSA) is 0 Å². The molecule has 0 fully saturated rings. The summed E-state index contributed by atoms with van der Waals surface area (Å²) in [4.78, 5) is 0. The van der Waals surface area contributed by atoms with E-state index in [0.29, 0.717) is 0 Å². The van der Waals surface area contributed by atoms with Crippen molar-refractivity contribution in [2.24, 2.45) is 0 Å². The Bertz CT molecular complexity index is 1210. The van der Waals surface area contributed by atoms with Crippen LogP contribution in [0, 0.1) is 0 Å². The van der Waals surface area contributed by atoms with Crippen molar-refractivity contribution in [1.29, 1.82) is 0 Å². The molecular weight excluding hydrogens is 499 g/mol. The van der Waals surface area contributed by atoms with E-state index in [2.05, 4.69) is 143 Å². The van der Waals surface area contributed by atoms with Crippen molar-refractivity contribution < 1.29 is 0 Å². The molecule has 0 aliphatic heterocycles. The number of halogens is 1. The number of hydrogen-bond donors (Lipinski definition) is 0. The quantitative estimate of drug-likeness (QED) is 0.231. The number of fused-ring (bicyclic) bond motifs is 2. The van der Waals surface area contributed by atoms with Crippen LogP contribution >= 0.6 is 22.6 Å². The van der Waals surface area contributed by atoms with Crippen LogP contribution in [0.1, 0.15) is 63.8 Å². The summed E-state index contributed by atoms with van der Waals surface area (Å²) in [5.74, 6) is 0.